The average molecular weight is 218 g/mol. The van der Waals surface area contributed by atoms with E-state index in [4.69, 9.17) is 15.3 Å². The van der Waals surface area contributed by atoms with E-state index in [1.54, 1.807) is 0 Å². The van der Waals surface area contributed by atoms with Crippen molar-refractivity contribution in [1.29, 1.82) is 0 Å². The Hall–Kier alpha value is -0.810. The highest BCUT2D eigenvalue weighted by atomic mass is 16.7. The van der Waals surface area contributed by atoms with Crippen LogP contribution >= 0.6 is 0 Å². The molecular weight excluding hydrogens is 196 g/mol. The van der Waals surface area contributed by atoms with Gasteiger partial charge in [0.05, 0.1) is 13.7 Å². The fourth-order valence-electron chi connectivity index (χ4n) is 0.891. The highest BCUT2D eigenvalue weighted by molar-refractivity contribution is 5.66. The Balaban J connectivity index is 4.11. The smallest absolute Gasteiger partial charge is 0.434 e. The van der Waals surface area contributed by atoms with Gasteiger partial charge in [-0.05, 0) is 34.1 Å². The molecule has 15 heavy (non-hydrogen) atoms. The van der Waals surface area contributed by atoms with Crippen molar-refractivity contribution in [2.45, 2.75) is 45.8 Å². The summed E-state index contributed by atoms with van der Waals surface area (Å²) in [5.74, 6) is 0. The summed E-state index contributed by atoms with van der Waals surface area (Å²) in [6.07, 6.45) is 0.193. The Kier molecular flexibility index (Phi) is 5.60. The first-order valence-corrected chi connectivity index (χ1v) is 5.06. The molecule has 0 bridgehead atoms. The van der Waals surface area contributed by atoms with Gasteiger partial charge in [0.25, 0.3) is 0 Å². The second-order valence-electron chi connectivity index (χ2n) is 4.53. The topological polar surface area (TPSA) is 64.8 Å². The van der Waals surface area contributed by atoms with Crippen molar-refractivity contribution in [3.63, 3.8) is 0 Å². The molecule has 1 atom stereocenters. The number of hydrogen-bond acceptors (Lipinski definition) is 4. The average Bonchev–Trinajstić information content (AvgIpc) is 2.01. The van der Waals surface area contributed by atoms with Crippen molar-refractivity contribution in [1.82, 2.24) is 5.06 Å². The van der Waals surface area contributed by atoms with Crippen LogP contribution in [0.15, 0.2) is 0 Å². The SMILES string of the molecule is CON(CCC(C)N)C(=O)OC(C)(C)C. The van der Waals surface area contributed by atoms with Gasteiger partial charge in [-0.25, -0.2) is 4.79 Å². The maximum Gasteiger partial charge on any atom is 0.434 e. The van der Waals surface area contributed by atoms with Crippen LogP contribution in [0.3, 0.4) is 0 Å². The molecule has 0 rings (SSSR count). The quantitative estimate of drug-likeness (QED) is 0.727. The molecule has 0 spiro atoms. The predicted octanol–water partition coefficient (Wildman–Crippen LogP) is 1.52. The van der Waals surface area contributed by atoms with E-state index in [1.807, 2.05) is 27.7 Å². The van der Waals surface area contributed by atoms with Crippen LogP contribution in [0, 0.1) is 0 Å². The molecule has 0 aromatic carbocycles. The lowest BCUT2D eigenvalue weighted by Gasteiger charge is -2.25. The monoisotopic (exact) mass is 218 g/mol. The van der Waals surface area contributed by atoms with Gasteiger partial charge >= 0.3 is 6.09 Å². The van der Waals surface area contributed by atoms with E-state index < -0.39 is 11.7 Å². The van der Waals surface area contributed by atoms with Gasteiger partial charge in [0.1, 0.15) is 5.60 Å². The second kappa shape index (κ2) is 5.92. The summed E-state index contributed by atoms with van der Waals surface area (Å²) in [7, 11) is 1.44. The molecule has 0 saturated heterocycles. The van der Waals surface area contributed by atoms with E-state index in [-0.39, 0.29) is 6.04 Å². The molecule has 0 fully saturated rings. The first-order valence-electron chi connectivity index (χ1n) is 5.06. The van der Waals surface area contributed by atoms with Crippen molar-refractivity contribution in [2.24, 2.45) is 5.73 Å². The normalized spacial score (nSPS) is 13.5. The fourth-order valence-corrected chi connectivity index (χ4v) is 0.891. The standard InChI is InChI=1S/C10H22N2O3/c1-8(11)6-7-12(14-5)9(13)15-10(2,3)4/h8H,6-7,11H2,1-5H3. The first kappa shape index (κ1) is 14.2. The van der Waals surface area contributed by atoms with Gasteiger partial charge in [-0.1, -0.05) is 0 Å². The minimum atomic E-state index is -0.512. The Morgan fingerprint density at radius 1 is 1.47 bits per heavy atom. The number of rotatable bonds is 4. The maximum absolute atomic E-state index is 11.5. The van der Waals surface area contributed by atoms with E-state index in [0.29, 0.717) is 13.0 Å². The number of ether oxygens (including phenoxy) is 1. The number of amides is 1. The Bertz CT molecular complexity index is 199. The van der Waals surface area contributed by atoms with Gasteiger partial charge in [-0.2, -0.15) is 5.06 Å². The van der Waals surface area contributed by atoms with Crippen molar-refractivity contribution in [2.75, 3.05) is 13.7 Å². The lowest BCUT2D eigenvalue weighted by atomic mass is 10.2. The molecule has 0 aliphatic heterocycles. The summed E-state index contributed by atoms with van der Waals surface area (Å²) in [6.45, 7) is 7.74. The van der Waals surface area contributed by atoms with Gasteiger partial charge in [0, 0.05) is 6.04 Å². The molecule has 0 aromatic heterocycles. The lowest BCUT2D eigenvalue weighted by molar-refractivity contribution is -0.124. The number of nitrogens with two attached hydrogens (primary N) is 1. The molecule has 90 valence electrons. The van der Waals surface area contributed by atoms with Gasteiger partial charge in [0.2, 0.25) is 0 Å². The van der Waals surface area contributed by atoms with Gasteiger partial charge in [-0.15, -0.1) is 0 Å². The summed E-state index contributed by atoms with van der Waals surface area (Å²) in [6, 6.07) is 0.0325. The van der Waals surface area contributed by atoms with E-state index in [9.17, 15) is 4.79 Å². The van der Waals surface area contributed by atoms with Crippen LogP contribution in [0.25, 0.3) is 0 Å². The molecule has 0 aromatic rings. The first-order chi connectivity index (χ1) is 6.76. The summed E-state index contributed by atoms with van der Waals surface area (Å²) < 4.78 is 5.14. The highest BCUT2D eigenvalue weighted by Crippen LogP contribution is 2.10. The largest absolute Gasteiger partial charge is 0.442 e. The van der Waals surface area contributed by atoms with Gasteiger partial charge < -0.3 is 10.5 Å². The Morgan fingerprint density at radius 2 is 2.00 bits per heavy atom. The predicted molar refractivity (Wildman–Crippen MR) is 58.2 cm³/mol. The van der Waals surface area contributed by atoms with Crippen LogP contribution < -0.4 is 5.73 Å². The zero-order valence-corrected chi connectivity index (χ0v) is 10.2. The van der Waals surface area contributed by atoms with E-state index in [1.165, 1.54) is 12.2 Å². The molecule has 0 aliphatic carbocycles. The number of carbonyl (C=O) groups is 1. The third kappa shape index (κ3) is 7.16. The minimum absolute atomic E-state index is 0.0325. The molecule has 1 amide bonds. The van der Waals surface area contributed by atoms with E-state index >= 15 is 0 Å². The molecule has 0 aliphatic rings. The highest BCUT2D eigenvalue weighted by Gasteiger charge is 2.22. The Labute approximate surface area is 91.5 Å². The molecular formula is C10H22N2O3. The van der Waals surface area contributed by atoms with Crippen molar-refractivity contribution in [3.8, 4) is 0 Å². The number of carbonyl (C=O) groups excluding carboxylic acids is 1. The summed E-state index contributed by atoms with van der Waals surface area (Å²) in [5, 5.41) is 1.18. The molecule has 0 heterocycles. The molecule has 1 unspecified atom stereocenters. The molecule has 0 radical (unpaired) electrons. The van der Waals surface area contributed by atoms with Crippen molar-refractivity contribution >= 4 is 6.09 Å². The maximum atomic E-state index is 11.5. The van der Waals surface area contributed by atoms with E-state index in [2.05, 4.69) is 0 Å². The van der Waals surface area contributed by atoms with Crippen LogP contribution in [-0.4, -0.2) is 36.5 Å². The third-order valence-electron chi connectivity index (χ3n) is 1.61. The van der Waals surface area contributed by atoms with Gasteiger partial charge in [-0.3, -0.25) is 4.84 Å². The number of hydroxylamine groups is 2. The number of hydrogen-bond donors (Lipinski definition) is 1. The number of nitrogens with zero attached hydrogens (tertiary/aromatic N) is 1. The fraction of sp³-hybridized carbons (Fsp3) is 0.900. The minimum Gasteiger partial charge on any atom is -0.442 e. The summed E-state index contributed by atoms with van der Waals surface area (Å²) in [5.41, 5.74) is 5.08. The van der Waals surface area contributed by atoms with Crippen LogP contribution in [0.2, 0.25) is 0 Å². The van der Waals surface area contributed by atoms with Crippen molar-refractivity contribution < 1.29 is 14.4 Å². The molecule has 5 nitrogen and oxygen atoms in total. The second-order valence-corrected chi connectivity index (χ2v) is 4.53. The molecule has 0 saturated carbocycles. The molecule has 2 N–H and O–H groups in total. The Morgan fingerprint density at radius 3 is 2.33 bits per heavy atom. The van der Waals surface area contributed by atoms with Gasteiger partial charge in [0.15, 0.2) is 0 Å². The zero-order valence-electron chi connectivity index (χ0n) is 10.2. The summed E-state index contributed by atoms with van der Waals surface area (Å²) in [4.78, 5) is 16.5. The third-order valence-corrected chi connectivity index (χ3v) is 1.61. The lowest BCUT2D eigenvalue weighted by Crippen LogP contribution is -2.38. The van der Waals surface area contributed by atoms with Crippen LogP contribution in [-0.2, 0) is 9.57 Å². The van der Waals surface area contributed by atoms with Crippen LogP contribution in [0.4, 0.5) is 4.79 Å². The summed E-state index contributed by atoms with van der Waals surface area (Å²) >= 11 is 0. The zero-order chi connectivity index (χ0) is 12.1. The van der Waals surface area contributed by atoms with E-state index in [0.717, 1.165) is 0 Å². The van der Waals surface area contributed by atoms with Crippen LogP contribution in [0.1, 0.15) is 34.1 Å². The molecule has 5 heteroatoms. The van der Waals surface area contributed by atoms with Crippen LogP contribution in [0.5, 0.6) is 0 Å². The van der Waals surface area contributed by atoms with Crippen molar-refractivity contribution in [3.05, 3.63) is 0 Å².